The minimum Gasteiger partial charge on any atom is -0.371 e. The molecule has 2 rings (SSSR count). The molecule has 0 radical (unpaired) electrons. The zero-order valence-electron chi connectivity index (χ0n) is 12.0. The Morgan fingerprint density at radius 3 is 2.63 bits per heavy atom. The first-order valence-electron chi connectivity index (χ1n) is 7.39. The van der Waals surface area contributed by atoms with Gasteiger partial charge in [-0.05, 0) is 65.2 Å². The maximum atomic E-state index is 6.03. The zero-order chi connectivity index (χ0) is 13.8. The lowest BCUT2D eigenvalue weighted by molar-refractivity contribution is 0.438. The number of halogens is 1. The van der Waals surface area contributed by atoms with Crippen LogP contribution in [0.5, 0.6) is 0 Å². The highest BCUT2D eigenvalue weighted by Crippen LogP contribution is 2.31. The largest absolute Gasteiger partial charge is 0.371 e. The highest BCUT2D eigenvalue weighted by atomic mass is 79.9. The molecular formula is C16H25BrN2. The van der Waals surface area contributed by atoms with E-state index in [1.165, 1.54) is 41.7 Å². The van der Waals surface area contributed by atoms with Gasteiger partial charge in [0.15, 0.2) is 0 Å². The predicted octanol–water partition coefficient (Wildman–Crippen LogP) is 3.97. The van der Waals surface area contributed by atoms with Gasteiger partial charge in [-0.3, -0.25) is 0 Å². The van der Waals surface area contributed by atoms with E-state index in [-0.39, 0.29) is 6.04 Å². The summed E-state index contributed by atoms with van der Waals surface area (Å²) in [7, 11) is 0. The molecule has 1 fully saturated rings. The Hall–Kier alpha value is -0.540. The van der Waals surface area contributed by atoms with Gasteiger partial charge >= 0.3 is 0 Å². The van der Waals surface area contributed by atoms with Crippen LogP contribution in [0.1, 0.15) is 38.7 Å². The molecule has 0 bridgehead atoms. The standard InChI is InChI=1S/C16H25BrN2/c1-3-14(18)10-13-4-5-16(15(17)11-13)19-8-6-12(2)7-9-19/h4-5,11-12,14H,3,6-10,18H2,1-2H3. The molecule has 0 amide bonds. The molecule has 1 aromatic rings. The van der Waals surface area contributed by atoms with Crippen molar-refractivity contribution in [1.82, 2.24) is 0 Å². The summed E-state index contributed by atoms with van der Waals surface area (Å²) in [6.45, 7) is 6.84. The summed E-state index contributed by atoms with van der Waals surface area (Å²) in [4.78, 5) is 2.49. The van der Waals surface area contributed by atoms with Crippen LogP contribution in [0.15, 0.2) is 22.7 Å². The summed E-state index contributed by atoms with van der Waals surface area (Å²) >= 11 is 3.73. The van der Waals surface area contributed by atoms with Gasteiger partial charge in [-0.1, -0.05) is 19.9 Å². The van der Waals surface area contributed by atoms with E-state index in [0.717, 1.165) is 18.8 Å². The van der Waals surface area contributed by atoms with Gasteiger partial charge in [0.2, 0.25) is 0 Å². The van der Waals surface area contributed by atoms with E-state index < -0.39 is 0 Å². The lowest BCUT2D eigenvalue weighted by Gasteiger charge is -2.33. The van der Waals surface area contributed by atoms with Gasteiger partial charge in [-0.25, -0.2) is 0 Å². The van der Waals surface area contributed by atoms with Crippen molar-refractivity contribution in [1.29, 1.82) is 0 Å². The van der Waals surface area contributed by atoms with Crippen LogP contribution in [0.4, 0.5) is 5.69 Å². The molecule has 0 saturated carbocycles. The van der Waals surface area contributed by atoms with E-state index in [9.17, 15) is 0 Å². The van der Waals surface area contributed by atoms with Crippen molar-refractivity contribution in [3.8, 4) is 0 Å². The molecule has 1 heterocycles. The average molecular weight is 325 g/mol. The van der Waals surface area contributed by atoms with Crippen LogP contribution in [-0.2, 0) is 6.42 Å². The second-order valence-electron chi connectivity index (χ2n) is 5.83. The summed E-state index contributed by atoms with van der Waals surface area (Å²) in [6, 6.07) is 6.99. The SMILES string of the molecule is CCC(N)Cc1ccc(N2CCC(C)CC2)c(Br)c1. The molecule has 0 aliphatic carbocycles. The maximum absolute atomic E-state index is 6.03. The number of hydrogen-bond acceptors (Lipinski definition) is 2. The van der Waals surface area contributed by atoms with Gasteiger partial charge in [-0.2, -0.15) is 0 Å². The van der Waals surface area contributed by atoms with E-state index >= 15 is 0 Å². The first-order chi connectivity index (χ1) is 9.10. The van der Waals surface area contributed by atoms with Crippen molar-refractivity contribution in [3.63, 3.8) is 0 Å². The molecule has 1 unspecified atom stereocenters. The van der Waals surface area contributed by atoms with Crippen molar-refractivity contribution in [2.75, 3.05) is 18.0 Å². The van der Waals surface area contributed by atoms with Crippen LogP contribution in [-0.4, -0.2) is 19.1 Å². The monoisotopic (exact) mass is 324 g/mol. The van der Waals surface area contributed by atoms with Crippen LogP contribution in [0.25, 0.3) is 0 Å². The first kappa shape index (κ1) is 14.9. The van der Waals surface area contributed by atoms with E-state index in [2.05, 4.69) is 52.9 Å². The fraction of sp³-hybridized carbons (Fsp3) is 0.625. The van der Waals surface area contributed by atoms with E-state index in [1.54, 1.807) is 0 Å². The third-order valence-electron chi connectivity index (χ3n) is 4.16. The molecule has 106 valence electrons. The number of rotatable bonds is 4. The Balaban J connectivity index is 2.06. The minimum absolute atomic E-state index is 0.272. The van der Waals surface area contributed by atoms with Gasteiger partial charge in [0.25, 0.3) is 0 Å². The minimum atomic E-state index is 0.272. The molecule has 3 heteroatoms. The molecule has 1 atom stereocenters. The smallest absolute Gasteiger partial charge is 0.0510 e. The van der Waals surface area contributed by atoms with Crippen LogP contribution in [0.2, 0.25) is 0 Å². The third kappa shape index (κ3) is 3.96. The van der Waals surface area contributed by atoms with Crippen molar-refractivity contribution < 1.29 is 0 Å². The van der Waals surface area contributed by atoms with E-state index in [0.29, 0.717) is 0 Å². The Morgan fingerprint density at radius 1 is 1.37 bits per heavy atom. The van der Waals surface area contributed by atoms with Gasteiger partial charge in [0.05, 0.1) is 5.69 Å². The lowest BCUT2D eigenvalue weighted by Crippen LogP contribution is -2.33. The Kier molecular flexibility index (Phi) is 5.28. The molecule has 2 N–H and O–H groups in total. The maximum Gasteiger partial charge on any atom is 0.0510 e. The normalized spacial score (nSPS) is 18.6. The summed E-state index contributed by atoms with van der Waals surface area (Å²) in [6.07, 6.45) is 4.60. The number of benzene rings is 1. The molecule has 0 aromatic heterocycles. The first-order valence-corrected chi connectivity index (χ1v) is 8.18. The van der Waals surface area contributed by atoms with Gasteiger partial charge in [0, 0.05) is 23.6 Å². The molecule has 1 aromatic carbocycles. The van der Waals surface area contributed by atoms with Gasteiger partial charge in [-0.15, -0.1) is 0 Å². The summed E-state index contributed by atoms with van der Waals surface area (Å²) in [5.41, 5.74) is 8.69. The number of anilines is 1. The molecule has 1 aliphatic rings. The van der Waals surface area contributed by atoms with Crippen molar-refractivity contribution in [3.05, 3.63) is 28.2 Å². The fourth-order valence-electron chi connectivity index (χ4n) is 2.63. The number of piperidine rings is 1. The fourth-order valence-corrected chi connectivity index (χ4v) is 3.31. The zero-order valence-corrected chi connectivity index (χ0v) is 13.6. The van der Waals surface area contributed by atoms with E-state index in [4.69, 9.17) is 5.73 Å². The van der Waals surface area contributed by atoms with Crippen LogP contribution >= 0.6 is 15.9 Å². The van der Waals surface area contributed by atoms with Gasteiger partial charge in [0.1, 0.15) is 0 Å². The van der Waals surface area contributed by atoms with Crippen molar-refractivity contribution in [2.24, 2.45) is 11.7 Å². The van der Waals surface area contributed by atoms with Crippen LogP contribution < -0.4 is 10.6 Å². The second-order valence-corrected chi connectivity index (χ2v) is 6.68. The van der Waals surface area contributed by atoms with Crippen LogP contribution in [0.3, 0.4) is 0 Å². The predicted molar refractivity (Wildman–Crippen MR) is 86.7 cm³/mol. The highest BCUT2D eigenvalue weighted by molar-refractivity contribution is 9.10. The molecule has 1 aliphatic heterocycles. The Labute approximate surface area is 125 Å². The number of nitrogens with zero attached hydrogens (tertiary/aromatic N) is 1. The van der Waals surface area contributed by atoms with Crippen LogP contribution in [0, 0.1) is 5.92 Å². The topological polar surface area (TPSA) is 29.3 Å². The lowest BCUT2D eigenvalue weighted by atomic mass is 9.98. The molecule has 19 heavy (non-hydrogen) atoms. The summed E-state index contributed by atoms with van der Waals surface area (Å²) < 4.78 is 1.21. The molecule has 1 saturated heterocycles. The number of nitrogens with two attached hydrogens (primary N) is 1. The quantitative estimate of drug-likeness (QED) is 0.908. The summed E-state index contributed by atoms with van der Waals surface area (Å²) in [5, 5.41) is 0. The number of hydrogen-bond donors (Lipinski definition) is 1. The van der Waals surface area contributed by atoms with Gasteiger partial charge < -0.3 is 10.6 Å². The highest BCUT2D eigenvalue weighted by Gasteiger charge is 2.18. The third-order valence-corrected chi connectivity index (χ3v) is 4.79. The Morgan fingerprint density at radius 2 is 2.05 bits per heavy atom. The Bertz CT molecular complexity index is 411. The van der Waals surface area contributed by atoms with Crippen molar-refractivity contribution in [2.45, 2.75) is 45.6 Å². The molecule has 0 spiro atoms. The second kappa shape index (κ2) is 6.76. The summed E-state index contributed by atoms with van der Waals surface area (Å²) in [5.74, 6) is 0.872. The average Bonchev–Trinajstić information content (AvgIpc) is 2.40. The molecular weight excluding hydrogens is 300 g/mol. The van der Waals surface area contributed by atoms with Crippen molar-refractivity contribution >= 4 is 21.6 Å². The molecule has 2 nitrogen and oxygen atoms in total. The van der Waals surface area contributed by atoms with E-state index in [1.807, 2.05) is 0 Å².